The number of nitrogens with zero attached hydrogens (tertiary/aromatic N) is 1. The van der Waals surface area contributed by atoms with Gasteiger partial charge in [0.1, 0.15) is 18.1 Å². The molecular weight excluding hydrogens is 408 g/mol. The molecule has 2 N–H and O–H groups in total. The smallest absolute Gasteiger partial charge is 0.262 e. The Morgan fingerprint density at radius 2 is 1.57 bits per heavy atom. The van der Waals surface area contributed by atoms with E-state index in [9.17, 15) is 21.9 Å². The lowest BCUT2D eigenvalue weighted by Gasteiger charge is -2.14. The summed E-state index contributed by atoms with van der Waals surface area (Å²) in [5.74, 6) is 0.0683. The summed E-state index contributed by atoms with van der Waals surface area (Å²) in [4.78, 5) is -0.234. The largest absolute Gasteiger partial charge is 0.506 e. The van der Waals surface area contributed by atoms with Crippen molar-refractivity contribution in [1.82, 2.24) is 4.31 Å². The SMILES string of the molecule is COCCOc1ccc(S(=O)(=O)Nc2cc(S(=O)(=O)N(C)C)ccc2O)cc1. The van der Waals surface area contributed by atoms with Crippen molar-refractivity contribution in [2.24, 2.45) is 0 Å². The monoisotopic (exact) mass is 430 g/mol. The molecule has 0 aliphatic carbocycles. The van der Waals surface area contributed by atoms with Gasteiger partial charge in [0.15, 0.2) is 0 Å². The van der Waals surface area contributed by atoms with Gasteiger partial charge < -0.3 is 14.6 Å². The van der Waals surface area contributed by atoms with Crippen molar-refractivity contribution < 1.29 is 31.4 Å². The number of benzene rings is 2. The first-order valence-corrected chi connectivity index (χ1v) is 11.0. The van der Waals surface area contributed by atoms with E-state index in [0.717, 1.165) is 16.4 Å². The molecule has 0 spiro atoms. The first-order valence-electron chi connectivity index (χ1n) is 8.08. The minimum absolute atomic E-state index is 0.0770. The van der Waals surface area contributed by atoms with Crippen molar-refractivity contribution in [1.29, 1.82) is 0 Å². The molecule has 11 heteroatoms. The van der Waals surface area contributed by atoms with Crippen LogP contribution < -0.4 is 9.46 Å². The van der Waals surface area contributed by atoms with Gasteiger partial charge in [-0.3, -0.25) is 4.72 Å². The molecule has 0 aliphatic rings. The van der Waals surface area contributed by atoms with E-state index in [-0.39, 0.29) is 15.5 Å². The lowest BCUT2D eigenvalue weighted by atomic mass is 10.3. The molecule has 9 nitrogen and oxygen atoms in total. The second-order valence-electron chi connectivity index (χ2n) is 5.88. The van der Waals surface area contributed by atoms with Crippen LogP contribution in [0.15, 0.2) is 52.3 Å². The number of hydrogen-bond donors (Lipinski definition) is 2. The third-order valence-electron chi connectivity index (χ3n) is 3.68. The number of rotatable bonds is 9. The van der Waals surface area contributed by atoms with E-state index in [1.807, 2.05) is 0 Å². The first-order chi connectivity index (χ1) is 13.1. The van der Waals surface area contributed by atoms with E-state index >= 15 is 0 Å². The zero-order valence-electron chi connectivity index (χ0n) is 15.6. The summed E-state index contributed by atoms with van der Waals surface area (Å²) in [7, 11) is -3.61. The number of anilines is 1. The van der Waals surface area contributed by atoms with Crippen molar-refractivity contribution >= 4 is 25.7 Å². The summed E-state index contributed by atoms with van der Waals surface area (Å²) < 4.78 is 63.0. The molecule has 0 atom stereocenters. The van der Waals surface area contributed by atoms with Crippen LogP contribution >= 0.6 is 0 Å². The van der Waals surface area contributed by atoms with Gasteiger partial charge >= 0.3 is 0 Å². The number of sulfonamides is 2. The number of phenols is 1. The van der Waals surface area contributed by atoms with Crippen molar-refractivity contribution in [3.63, 3.8) is 0 Å². The first kappa shape index (κ1) is 22.0. The number of ether oxygens (including phenoxy) is 2. The van der Waals surface area contributed by atoms with Gasteiger partial charge in [0.05, 0.1) is 22.1 Å². The number of methoxy groups -OCH3 is 1. The van der Waals surface area contributed by atoms with Gasteiger partial charge in [-0.15, -0.1) is 0 Å². The molecule has 0 amide bonds. The summed E-state index contributed by atoms with van der Waals surface area (Å²) in [6.45, 7) is 0.717. The third kappa shape index (κ3) is 5.13. The molecule has 2 aromatic rings. The van der Waals surface area contributed by atoms with Crippen molar-refractivity contribution in [3.05, 3.63) is 42.5 Å². The van der Waals surface area contributed by atoms with E-state index in [0.29, 0.717) is 19.0 Å². The van der Waals surface area contributed by atoms with Crippen molar-refractivity contribution in [2.75, 3.05) is 39.1 Å². The van der Waals surface area contributed by atoms with Crippen molar-refractivity contribution in [2.45, 2.75) is 9.79 Å². The van der Waals surface area contributed by atoms with Gasteiger partial charge in [0, 0.05) is 21.2 Å². The molecule has 0 fully saturated rings. The standard InChI is InChI=1S/C17H22N2O7S2/c1-19(2)28(23,24)15-8-9-17(20)16(12-15)18-27(21,22)14-6-4-13(5-7-14)26-11-10-25-3/h4-9,12,18,20H,10-11H2,1-3H3. The zero-order valence-corrected chi connectivity index (χ0v) is 17.2. The predicted molar refractivity (Wildman–Crippen MR) is 104 cm³/mol. The highest BCUT2D eigenvalue weighted by Gasteiger charge is 2.21. The maximum atomic E-state index is 12.6. The van der Waals surface area contributed by atoms with Crippen LogP contribution in [0.4, 0.5) is 5.69 Å². The summed E-state index contributed by atoms with van der Waals surface area (Å²) in [5.41, 5.74) is -0.247. The van der Waals surface area contributed by atoms with Gasteiger partial charge in [0.25, 0.3) is 10.0 Å². The van der Waals surface area contributed by atoms with Crippen LogP contribution in [0.1, 0.15) is 0 Å². The van der Waals surface area contributed by atoms with Gasteiger partial charge in [-0.05, 0) is 42.5 Å². The maximum Gasteiger partial charge on any atom is 0.262 e. The molecule has 0 heterocycles. The van der Waals surface area contributed by atoms with E-state index < -0.39 is 25.8 Å². The second-order valence-corrected chi connectivity index (χ2v) is 9.72. The van der Waals surface area contributed by atoms with Crippen molar-refractivity contribution in [3.8, 4) is 11.5 Å². The van der Waals surface area contributed by atoms with E-state index in [4.69, 9.17) is 9.47 Å². The molecule has 2 aromatic carbocycles. The van der Waals surface area contributed by atoms with Gasteiger partial charge in [0.2, 0.25) is 10.0 Å². The Labute approximate surface area is 164 Å². The maximum absolute atomic E-state index is 12.6. The van der Waals surface area contributed by atoms with Crippen LogP contribution in [0, 0.1) is 0 Å². The summed E-state index contributed by atoms with van der Waals surface area (Å²) in [6, 6.07) is 9.00. The Morgan fingerprint density at radius 1 is 0.964 bits per heavy atom. The van der Waals surface area contributed by atoms with Gasteiger partial charge in [-0.1, -0.05) is 0 Å². The fourth-order valence-corrected chi connectivity index (χ4v) is 4.12. The Balaban J connectivity index is 2.27. The third-order valence-corrected chi connectivity index (χ3v) is 6.87. The highest BCUT2D eigenvalue weighted by Crippen LogP contribution is 2.29. The molecule has 2 rings (SSSR count). The quantitative estimate of drug-likeness (QED) is 0.456. The molecule has 0 radical (unpaired) electrons. The van der Waals surface area contributed by atoms with Crippen LogP contribution in [-0.2, 0) is 24.8 Å². The highest BCUT2D eigenvalue weighted by atomic mass is 32.2. The van der Waals surface area contributed by atoms with Crippen LogP contribution in [0.25, 0.3) is 0 Å². The topological polar surface area (TPSA) is 122 Å². The lowest BCUT2D eigenvalue weighted by molar-refractivity contribution is 0.146. The number of nitrogens with one attached hydrogen (secondary N) is 1. The molecular formula is C17H22N2O7S2. The molecule has 0 bridgehead atoms. The number of hydrogen-bond acceptors (Lipinski definition) is 7. The highest BCUT2D eigenvalue weighted by molar-refractivity contribution is 7.92. The van der Waals surface area contributed by atoms with Crippen LogP contribution in [0.3, 0.4) is 0 Å². The average molecular weight is 431 g/mol. The Hall–Kier alpha value is -2.34. The minimum atomic E-state index is -4.06. The van der Waals surface area contributed by atoms with Gasteiger partial charge in [-0.25, -0.2) is 21.1 Å². The molecule has 0 unspecified atom stereocenters. The summed E-state index contributed by atoms with van der Waals surface area (Å²) in [5, 5.41) is 9.95. The number of aromatic hydroxyl groups is 1. The Morgan fingerprint density at radius 3 is 2.14 bits per heavy atom. The van der Waals surface area contributed by atoms with E-state index in [2.05, 4.69) is 4.72 Å². The molecule has 0 aromatic heterocycles. The Kier molecular flexibility index (Phi) is 6.88. The fraction of sp³-hybridized carbons (Fsp3) is 0.294. The minimum Gasteiger partial charge on any atom is -0.506 e. The Bertz CT molecular complexity index is 1020. The van der Waals surface area contributed by atoms with E-state index in [1.54, 1.807) is 7.11 Å². The number of phenolic OH excluding ortho intramolecular Hbond substituents is 1. The molecule has 154 valence electrons. The summed E-state index contributed by atoms with van der Waals surface area (Å²) in [6.07, 6.45) is 0. The zero-order chi connectivity index (χ0) is 20.9. The normalized spacial score (nSPS) is 12.1. The van der Waals surface area contributed by atoms with Gasteiger partial charge in [-0.2, -0.15) is 0 Å². The predicted octanol–water partition coefficient (Wildman–Crippen LogP) is 1.47. The lowest BCUT2D eigenvalue weighted by Crippen LogP contribution is -2.22. The average Bonchev–Trinajstić information content (AvgIpc) is 2.64. The second kappa shape index (κ2) is 8.78. The van der Waals surface area contributed by atoms with Crippen LogP contribution in [0.2, 0.25) is 0 Å². The summed E-state index contributed by atoms with van der Waals surface area (Å²) >= 11 is 0. The van der Waals surface area contributed by atoms with E-state index in [1.165, 1.54) is 44.4 Å². The molecule has 0 aliphatic heterocycles. The molecule has 0 saturated heterocycles. The molecule has 0 saturated carbocycles. The van der Waals surface area contributed by atoms with Crippen LogP contribution in [0.5, 0.6) is 11.5 Å². The molecule has 28 heavy (non-hydrogen) atoms. The fourth-order valence-electron chi connectivity index (χ4n) is 2.13. The van der Waals surface area contributed by atoms with Crippen LogP contribution in [-0.4, -0.2) is 60.7 Å².